The van der Waals surface area contributed by atoms with Crippen molar-refractivity contribution in [1.29, 1.82) is 0 Å². The van der Waals surface area contributed by atoms with Gasteiger partial charge in [-0.15, -0.1) is 0 Å². The Morgan fingerprint density at radius 3 is 2.47 bits per heavy atom. The molecule has 5 heteroatoms. The Balaban J connectivity index is 2.38. The average molecular weight is 268 g/mol. The smallest absolute Gasteiger partial charge is 0.333 e. The van der Waals surface area contributed by atoms with Gasteiger partial charge in [0.1, 0.15) is 0 Å². The highest BCUT2D eigenvalue weighted by Crippen LogP contribution is 2.11. The third-order valence-electron chi connectivity index (χ3n) is 3.42. The van der Waals surface area contributed by atoms with Crippen molar-refractivity contribution in [3.05, 3.63) is 11.6 Å². The number of methoxy groups -OCH3 is 1. The molecule has 1 amide bonds. The number of nitrogens with one attached hydrogen (secondary N) is 1. The van der Waals surface area contributed by atoms with Gasteiger partial charge in [-0.05, 0) is 19.3 Å². The second kappa shape index (κ2) is 7.94. The number of nitrogens with zero attached hydrogens (tertiary/aromatic N) is 1. The Kier molecular flexibility index (Phi) is 6.56. The van der Waals surface area contributed by atoms with Crippen molar-refractivity contribution in [3.8, 4) is 0 Å². The topological polar surface area (TPSA) is 58.6 Å². The summed E-state index contributed by atoms with van der Waals surface area (Å²) in [5.74, 6) is -0.201. The predicted molar refractivity (Wildman–Crippen MR) is 73.7 cm³/mol. The molecule has 0 aromatic heterocycles. The molecular weight excluding hydrogens is 244 g/mol. The summed E-state index contributed by atoms with van der Waals surface area (Å²) in [5.41, 5.74) is 0.728. The van der Waals surface area contributed by atoms with Gasteiger partial charge in [0.25, 0.3) is 0 Å². The Bertz CT molecular complexity index is 345. The summed E-state index contributed by atoms with van der Waals surface area (Å²) in [5, 5.41) is 2.95. The number of rotatable bonds is 5. The Morgan fingerprint density at radius 1 is 1.37 bits per heavy atom. The maximum absolute atomic E-state index is 11.4. The van der Waals surface area contributed by atoms with E-state index in [2.05, 4.69) is 10.2 Å². The van der Waals surface area contributed by atoms with Crippen molar-refractivity contribution in [1.82, 2.24) is 10.2 Å². The quantitative estimate of drug-likeness (QED) is 0.599. The highest BCUT2D eigenvalue weighted by atomic mass is 16.5. The number of ether oxygens (including phenoxy) is 1. The van der Waals surface area contributed by atoms with Crippen LogP contribution in [0.2, 0.25) is 0 Å². The van der Waals surface area contributed by atoms with E-state index >= 15 is 0 Å². The average Bonchev–Trinajstić information content (AvgIpc) is 2.40. The second-order valence-electron chi connectivity index (χ2n) is 4.85. The molecule has 0 aromatic carbocycles. The second-order valence-corrected chi connectivity index (χ2v) is 4.85. The van der Waals surface area contributed by atoms with Gasteiger partial charge in [0.05, 0.1) is 7.11 Å². The summed E-state index contributed by atoms with van der Waals surface area (Å²) in [7, 11) is 1.41. The number of carbonyl (C=O) groups is 2. The minimum absolute atomic E-state index is 0.0392. The van der Waals surface area contributed by atoms with Crippen LogP contribution in [-0.2, 0) is 14.3 Å². The molecule has 0 atom stereocenters. The van der Waals surface area contributed by atoms with E-state index in [1.165, 1.54) is 7.11 Å². The summed E-state index contributed by atoms with van der Waals surface area (Å²) < 4.78 is 4.73. The van der Waals surface area contributed by atoms with Crippen LogP contribution in [0.3, 0.4) is 0 Å². The van der Waals surface area contributed by atoms with Crippen molar-refractivity contribution >= 4 is 11.9 Å². The number of amides is 1. The first-order chi connectivity index (χ1) is 9.06. The van der Waals surface area contributed by atoms with E-state index in [0.717, 1.165) is 38.0 Å². The summed E-state index contributed by atoms with van der Waals surface area (Å²) in [6, 6.07) is 0.295. The Labute approximate surface area is 115 Å². The fraction of sp³-hybridized carbons (Fsp3) is 0.714. The number of esters is 1. The van der Waals surface area contributed by atoms with Crippen LogP contribution in [0.15, 0.2) is 11.6 Å². The van der Waals surface area contributed by atoms with Gasteiger partial charge in [-0.3, -0.25) is 9.69 Å². The number of hydrogen-bond donors (Lipinski definition) is 1. The third kappa shape index (κ3) is 5.42. The lowest BCUT2D eigenvalue weighted by Gasteiger charge is -2.31. The standard InChI is InChI=1S/C14H24N2O3/c1-4-12(14(18)19-3)5-8-16-9-6-13(7-10-16)15-11(2)17/h5,13H,4,6-10H2,1-3H3,(H,15,17). The maximum Gasteiger partial charge on any atom is 0.333 e. The molecule has 1 aliphatic rings. The number of likely N-dealkylation sites (tertiary alicyclic amines) is 1. The van der Waals surface area contributed by atoms with Crippen LogP contribution < -0.4 is 5.32 Å². The van der Waals surface area contributed by atoms with E-state index in [0.29, 0.717) is 12.5 Å². The lowest BCUT2D eigenvalue weighted by atomic mass is 10.0. The van der Waals surface area contributed by atoms with Gasteiger partial charge in [0, 0.05) is 38.2 Å². The van der Waals surface area contributed by atoms with Crippen molar-refractivity contribution in [3.63, 3.8) is 0 Å². The van der Waals surface area contributed by atoms with Crippen molar-refractivity contribution in [2.24, 2.45) is 0 Å². The first kappa shape index (κ1) is 15.7. The van der Waals surface area contributed by atoms with Crippen LogP contribution in [0.4, 0.5) is 0 Å². The molecule has 5 nitrogen and oxygen atoms in total. The molecule has 0 aliphatic carbocycles. The van der Waals surface area contributed by atoms with E-state index < -0.39 is 0 Å². The third-order valence-corrected chi connectivity index (χ3v) is 3.42. The van der Waals surface area contributed by atoms with Crippen LogP contribution in [0, 0.1) is 0 Å². The maximum atomic E-state index is 11.4. The molecule has 108 valence electrons. The van der Waals surface area contributed by atoms with E-state index in [4.69, 9.17) is 4.74 Å². The van der Waals surface area contributed by atoms with Crippen molar-refractivity contribution < 1.29 is 14.3 Å². The van der Waals surface area contributed by atoms with E-state index in [-0.39, 0.29) is 11.9 Å². The molecule has 1 N–H and O–H groups in total. The van der Waals surface area contributed by atoms with E-state index in [1.807, 2.05) is 13.0 Å². The van der Waals surface area contributed by atoms with Crippen LogP contribution in [0.5, 0.6) is 0 Å². The predicted octanol–water partition coefficient (Wildman–Crippen LogP) is 1.10. The van der Waals surface area contributed by atoms with Gasteiger partial charge in [-0.25, -0.2) is 4.79 Å². The molecule has 1 aliphatic heterocycles. The zero-order valence-corrected chi connectivity index (χ0v) is 12.1. The molecule has 1 saturated heterocycles. The first-order valence-corrected chi connectivity index (χ1v) is 6.83. The van der Waals surface area contributed by atoms with Gasteiger partial charge in [-0.1, -0.05) is 13.0 Å². The van der Waals surface area contributed by atoms with Crippen LogP contribution in [0.1, 0.15) is 33.1 Å². The largest absolute Gasteiger partial charge is 0.466 e. The van der Waals surface area contributed by atoms with Crippen molar-refractivity contribution in [2.75, 3.05) is 26.7 Å². The lowest BCUT2D eigenvalue weighted by Crippen LogP contribution is -2.44. The molecule has 0 bridgehead atoms. The van der Waals surface area contributed by atoms with Crippen LogP contribution in [-0.4, -0.2) is 49.6 Å². The molecule has 0 unspecified atom stereocenters. The zero-order valence-electron chi connectivity index (χ0n) is 12.1. The zero-order chi connectivity index (χ0) is 14.3. The summed E-state index contributed by atoms with van der Waals surface area (Å²) in [6.07, 6.45) is 4.57. The first-order valence-electron chi connectivity index (χ1n) is 6.83. The summed E-state index contributed by atoms with van der Waals surface area (Å²) in [4.78, 5) is 24.7. The number of carbonyl (C=O) groups excluding carboxylic acids is 2. The molecule has 1 heterocycles. The fourth-order valence-corrected chi connectivity index (χ4v) is 2.29. The minimum atomic E-state index is -0.240. The molecular formula is C14H24N2O3. The van der Waals surface area contributed by atoms with Gasteiger partial charge < -0.3 is 10.1 Å². The molecule has 1 fully saturated rings. The molecule has 0 radical (unpaired) electrons. The monoisotopic (exact) mass is 268 g/mol. The van der Waals surface area contributed by atoms with E-state index in [1.54, 1.807) is 6.92 Å². The summed E-state index contributed by atoms with van der Waals surface area (Å²) >= 11 is 0. The lowest BCUT2D eigenvalue weighted by molar-refractivity contribution is -0.136. The van der Waals surface area contributed by atoms with Gasteiger partial charge in [0.15, 0.2) is 0 Å². The van der Waals surface area contributed by atoms with E-state index in [9.17, 15) is 9.59 Å². The molecule has 0 saturated carbocycles. The highest BCUT2D eigenvalue weighted by Gasteiger charge is 2.19. The number of hydrogen-bond acceptors (Lipinski definition) is 4. The minimum Gasteiger partial charge on any atom is -0.466 e. The van der Waals surface area contributed by atoms with Gasteiger partial charge in [0.2, 0.25) is 5.91 Å². The molecule has 0 spiro atoms. The SMILES string of the molecule is CCC(=CCN1CCC(NC(C)=O)CC1)C(=O)OC. The Hall–Kier alpha value is -1.36. The highest BCUT2D eigenvalue weighted by molar-refractivity contribution is 5.88. The van der Waals surface area contributed by atoms with Gasteiger partial charge in [-0.2, -0.15) is 0 Å². The Morgan fingerprint density at radius 2 is 2.00 bits per heavy atom. The number of piperidine rings is 1. The molecule has 0 aromatic rings. The fourth-order valence-electron chi connectivity index (χ4n) is 2.29. The van der Waals surface area contributed by atoms with Crippen molar-refractivity contribution in [2.45, 2.75) is 39.2 Å². The van der Waals surface area contributed by atoms with Crippen LogP contribution >= 0.6 is 0 Å². The van der Waals surface area contributed by atoms with Crippen LogP contribution in [0.25, 0.3) is 0 Å². The normalized spacial score (nSPS) is 18.2. The molecule has 1 rings (SSSR count). The molecule has 19 heavy (non-hydrogen) atoms. The van der Waals surface area contributed by atoms with Gasteiger partial charge >= 0.3 is 5.97 Å². The summed E-state index contributed by atoms with van der Waals surface area (Å²) in [6.45, 7) is 6.16.